The highest BCUT2D eigenvalue weighted by Gasteiger charge is 2.19. The summed E-state index contributed by atoms with van der Waals surface area (Å²) in [7, 11) is 0. The van der Waals surface area contributed by atoms with Gasteiger partial charge in [0, 0.05) is 13.1 Å². The minimum Gasteiger partial charge on any atom is -0.353 e. The zero-order valence-electron chi connectivity index (χ0n) is 13.2. The molecule has 5 heteroatoms. The van der Waals surface area contributed by atoms with Crippen LogP contribution in [0.3, 0.4) is 0 Å². The molecule has 3 rings (SSSR count). The Hall–Kier alpha value is -2.35. The van der Waals surface area contributed by atoms with Crippen LogP contribution < -0.4 is 4.90 Å². The van der Waals surface area contributed by atoms with Gasteiger partial charge >= 0.3 is 0 Å². The van der Waals surface area contributed by atoms with E-state index in [1.807, 2.05) is 12.1 Å². The predicted molar refractivity (Wildman–Crippen MR) is 86.2 cm³/mol. The molecule has 114 valence electrons. The van der Waals surface area contributed by atoms with Gasteiger partial charge in [0.25, 0.3) is 0 Å². The molecular formula is C17H21N5. The van der Waals surface area contributed by atoms with Crippen LogP contribution >= 0.6 is 0 Å². The van der Waals surface area contributed by atoms with Crippen molar-refractivity contribution in [3.63, 3.8) is 0 Å². The van der Waals surface area contributed by atoms with Crippen molar-refractivity contribution >= 4 is 5.82 Å². The minimum atomic E-state index is 0.418. The van der Waals surface area contributed by atoms with E-state index in [0.717, 1.165) is 37.4 Å². The van der Waals surface area contributed by atoms with E-state index in [4.69, 9.17) is 0 Å². The molecule has 0 aliphatic carbocycles. The maximum atomic E-state index is 9.40. The topological polar surface area (TPSA) is 57.7 Å². The van der Waals surface area contributed by atoms with E-state index >= 15 is 0 Å². The number of hydrogen-bond donors (Lipinski definition) is 0. The molecule has 0 radical (unpaired) electrons. The third-order valence-electron chi connectivity index (χ3n) is 4.04. The molecule has 0 spiro atoms. The third kappa shape index (κ3) is 2.96. The second-order valence-electron chi connectivity index (χ2n) is 6.02. The van der Waals surface area contributed by atoms with Gasteiger partial charge in [-0.2, -0.15) is 5.26 Å². The predicted octanol–water partition coefficient (Wildman–Crippen LogP) is 3.14. The lowest BCUT2D eigenvalue weighted by Gasteiger charge is -2.18. The van der Waals surface area contributed by atoms with Crippen molar-refractivity contribution < 1.29 is 0 Å². The van der Waals surface area contributed by atoms with E-state index in [9.17, 15) is 5.26 Å². The zero-order valence-corrected chi connectivity index (χ0v) is 13.2. The van der Waals surface area contributed by atoms with Crippen LogP contribution in [0.15, 0.2) is 18.2 Å². The summed E-state index contributed by atoms with van der Waals surface area (Å²) in [6, 6.07) is 8.40. The lowest BCUT2D eigenvalue weighted by molar-refractivity contribution is 0.726. The lowest BCUT2D eigenvalue weighted by atomic mass is 10.1. The summed E-state index contributed by atoms with van der Waals surface area (Å²) >= 11 is 0. The highest BCUT2D eigenvalue weighted by Crippen LogP contribution is 2.22. The standard InChI is InChI=1S/C17H21N5/c1-13-9-14(2)11-15(10-13)22-19-16(12-18)17(20-22)21-7-5-3-4-6-8-21/h9-11H,3-8H2,1-2H3. The van der Waals surface area contributed by atoms with E-state index in [1.165, 1.54) is 24.0 Å². The Morgan fingerprint density at radius 1 is 0.955 bits per heavy atom. The second-order valence-corrected chi connectivity index (χ2v) is 6.02. The summed E-state index contributed by atoms with van der Waals surface area (Å²) in [5, 5.41) is 18.4. The normalized spacial score (nSPS) is 15.4. The van der Waals surface area contributed by atoms with Gasteiger partial charge in [0.15, 0.2) is 5.82 Å². The number of hydrogen-bond acceptors (Lipinski definition) is 4. The van der Waals surface area contributed by atoms with Gasteiger partial charge in [0.2, 0.25) is 5.69 Å². The van der Waals surface area contributed by atoms with Crippen LogP contribution in [-0.2, 0) is 0 Å². The van der Waals surface area contributed by atoms with Crippen molar-refractivity contribution in [1.82, 2.24) is 15.0 Å². The van der Waals surface area contributed by atoms with E-state index in [1.54, 1.807) is 4.80 Å². The molecule has 0 unspecified atom stereocenters. The van der Waals surface area contributed by atoms with Crippen molar-refractivity contribution in [1.29, 1.82) is 5.26 Å². The fourth-order valence-electron chi connectivity index (χ4n) is 3.05. The van der Waals surface area contributed by atoms with E-state index in [-0.39, 0.29) is 0 Å². The average Bonchev–Trinajstić information content (AvgIpc) is 2.73. The molecule has 1 aromatic carbocycles. The Balaban J connectivity index is 1.99. The Bertz CT molecular complexity index is 682. The summed E-state index contributed by atoms with van der Waals surface area (Å²) in [5.41, 5.74) is 3.67. The summed E-state index contributed by atoms with van der Waals surface area (Å²) in [5.74, 6) is 0.726. The number of nitrogens with zero attached hydrogens (tertiary/aromatic N) is 5. The zero-order chi connectivity index (χ0) is 15.5. The van der Waals surface area contributed by atoms with Crippen LogP contribution in [0, 0.1) is 25.2 Å². The number of rotatable bonds is 2. The highest BCUT2D eigenvalue weighted by atomic mass is 15.5. The summed E-state index contributed by atoms with van der Waals surface area (Å²) in [6.07, 6.45) is 4.82. The Kier molecular flexibility index (Phi) is 4.10. The van der Waals surface area contributed by atoms with Gasteiger partial charge in [0.05, 0.1) is 5.69 Å². The van der Waals surface area contributed by atoms with Crippen LogP contribution in [0.5, 0.6) is 0 Å². The van der Waals surface area contributed by atoms with E-state index in [0.29, 0.717) is 5.69 Å². The van der Waals surface area contributed by atoms with Crippen molar-refractivity contribution in [3.8, 4) is 11.8 Å². The molecular weight excluding hydrogens is 274 g/mol. The van der Waals surface area contributed by atoms with Gasteiger partial charge in [-0.05, 0) is 49.9 Å². The summed E-state index contributed by atoms with van der Waals surface area (Å²) in [4.78, 5) is 3.80. The van der Waals surface area contributed by atoms with Crippen molar-refractivity contribution in [2.75, 3.05) is 18.0 Å². The van der Waals surface area contributed by atoms with Crippen LogP contribution in [0.25, 0.3) is 5.69 Å². The molecule has 0 amide bonds. The van der Waals surface area contributed by atoms with Crippen molar-refractivity contribution in [2.45, 2.75) is 39.5 Å². The van der Waals surface area contributed by atoms with Gasteiger partial charge in [0.1, 0.15) is 6.07 Å². The van der Waals surface area contributed by atoms with Crippen LogP contribution in [0.4, 0.5) is 5.82 Å². The van der Waals surface area contributed by atoms with E-state index in [2.05, 4.69) is 41.1 Å². The van der Waals surface area contributed by atoms with Gasteiger partial charge < -0.3 is 4.90 Å². The number of benzene rings is 1. The first-order chi connectivity index (χ1) is 10.7. The Labute approximate surface area is 131 Å². The molecule has 0 bridgehead atoms. The van der Waals surface area contributed by atoms with E-state index < -0.39 is 0 Å². The lowest BCUT2D eigenvalue weighted by Crippen LogP contribution is -2.25. The third-order valence-corrected chi connectivity index (χ3v) is 4.04. The fraction of sp³-hybridized carbons (Fsp3) is 0.471. The molecule has 1 fully saturated rings. The highest BCUT2D eigenvalue weighted by molar-refractivity contribution is 5.50. The molecule has 2 heterocycles. The molecule has 0 N–H and O–H groups in total. The van der Waals surface area contributed by atoms with Gasteiger partial charge in [-0.25, -0.2) is 0 Å². The Morgan fingerprint density at radius 3 is 2.18 bits per heavy atom. The number of aryl methyl sites for hydroxylation is 2. The molecule has 1 saturated heterocycles. The monoisotopic (exact) mass is 295 g/mol. The van der Waals surface area contributed by atoms with Crippen LogP contribution in [0.1, 0.15) is 42.5 Å². The molecule has 1 aromatic heterocycles. The molecule has 1 aliphatic heterocycles. The second kappa shape index (κ2) is 6.18. The minimum absolute atomic E-state index is 0.418. The number of nitriles is 1. The maximum absolute atomic E-state index is 9.40. The molecule has 2 aromatic rings. The molecule has 22 heavy (non-hydrogen) atoms. The quantitative estimate of drug-likeness (QED) is 0.854. The van der Waals surface area contributed by atoms with Gasteiger partial charge in [-0.3, -0.25) is 0 Å². The summed E-state index contributed by atoms with van der Waals surface area (Å²) in [6.45, 7) is 6.03. The summed E-state index contributed by atoms with van der Waals surface area (Å²) < 4.78 is 0. The number of anilines is 1. The van der Waals surface area contributed by atoms with Crippen molar-refractivity contribution in [2.24, 2.45) is 0 Å². The maximum Gasteiger partial charge on any atom is 0.207 e. The molecule has 0 saturated carbocycles. The first-order valence-electron chi connectivity index (χ1n) is 7.88. The first-order valence-corrected chi connectivity index (χ1v) is 7.88. The number of aromatic nitrogens is 3. The first kappa shape index (κ1) is 14.6. The fourth-order valence-corrected chi connectivity index (χ4v) is 3.05. The van der Waals surface area contributed by atoms with Crippen LogP contribution in [-0.4, -0.2) is 28.1 Å². The van der Waals surface area contributed by atoms with Crippen molar-refractivity contribution in [3.05, 3.63) is 35.0 Å². The van der Waals surface area contributed by atoms with Gasteiger partial charge in [-0.1, -0.05) is 18.9 Å². The molecule has 0 atom stereocenters. The molecule has 1 aliphatic rings. The SMILES string of the molecule is Cc1cc(C)cc(-n2nc(C#N)c(N3CCCCCC3)n2)c1. The van der Waals surface area contributed by atoms with Crippen LogP contribution in [0.2, 0.25) is 0 Å². The molecule has 5 nitrogen and oxygen atoms in total. The Morgan fingerprint density at radius 2 is 1.59 bits per heavy atom. The average molecular weight is 295 g/mol. The smallest absolute Gasteiger partial charge is 0.207 e. The van der Waals surface area contributed by atoms with Gasteiger partial charge in [-0.15, -0.1) is 15.0 Å². The largest absolute Gasteiger partial charge is 0.353 e.